The average molecular weight is 883 g/mol. The predicted octanol–water partition coefficient (Wildman–Crippen LogP) is 5.03. The molecule has 0 fully saturated rings. The molecule has 0 atom stereocenters. The van der Waals surface area contributed by atoms with Crippen LogP contribution in [0.25, 0.3) is 45.0 Å². The van der Waals surface area contributed by atoms with Crippen molar-refractivity contribution >= 4 is 106 Å². The van der Waals surface area contributed by atoms with Crippen molar-refractivity contribution < 1.29 is 0 Å². The quantitative estimate of drug-likeness (QED) is 0.191. The van der Waals surface area contributed by atoms with Gasteiger partial charge in [-0.05, 0) is 83.8 Å². The van der Waals surface area contributed by atoms with Gasteiger partial charge in [-0.15, -0.1) is 26.4 Å². The first-order valence-corrected chi connectivity index (χ1v) is 25.1. The van der Waals surface area contributed by atoms with E-state index < -0.39 is 10.0 Å². The Balaban J connectivity index is 1.10. The van der Waals surface area contributed by atoms with Gasteiger partial charge < -0.3 is 4.81 Å². The molecule has 9 aromatic carbocycles. The fourth-order valence-corrected chi connectivity index (χ4v) is 14.4. The van der Waals surface area contributed by atoms with Gasteiger partial charge in [-0.3, -0.25) is 0 Å². The third-order valence-corrected chi connectivity index (χ3v) is 18.1. The van der Waals surface area contributed by atoms with E-state index in [1.807, 2.05) is 0 Å². The number of hydrogen-bond donors (Lipinski definition) is 0. The molecular weight excluding hydrogens is 836 g/mol. The van der Waals surface area contributed by atoms with Crippen molar-refractivity contribution in [1.82, 2.24) is 9.97 Å². The van der Waals surface area contributed by atoms with E-state index in [0.717, 1.165) is 39.6 Å². The molecule has 318 valence electrons. The molecule has 11 rings (SSSR count). The van der Waals surface area contributed by atoms with Gasteiger partial charge in [0.2, 0.25) is 0 Å². The number of hydrogen-bond acceptors (Lipinski definition) is 3. The average Bonchev–Trinajstić information content (AvgIpc) is 3.41. The molecule has 0 aliphatic carbocycles. The van der Waals surface area contributed by atoms with Crippen LogP contribution in [0.1, 0.15) is 0 Å². The van der Waals surface area contributed by atoms with E-state index in [4.69, 9.17) is 9.97 Å². The maximum Gasteiger partial charge on any atom is 0.328 e. The molecule has 0 amide bonds. The Bertz CT molecular complexity index is 3340. The van der Waals surface area contributed by atoms with Crippen LogP contribution in [0.5, 0.6) is 0 Å². The molecule has 0 unspecified atom stereocenters. The molecule has 1 aliphatic rings. The zero-order valence-electron chi connectivity index (χ0n) is 39.2. The lowest BCUT2D eigenvalue weighted by Gasteiger charge is -2.42. The molecule has 2 heterocycles. The summed E-state index contributed by atoms with van der Waals surface area (Å²) in [5, 5.41) is 0. The molecule has 1 aromatic heterocycles. The second-order valence-electron chi connectivity index (χ2n) is 17.9. The Morgan fingerprint density at radius 3 is 1.44 bits per heavy atom. The number of anilines is 2. The van der Waals surface area contributed by atoms with Crippen LogP contribution in [0, 0.1) is 0 Å². The van der Waals surface area contributed by atoms with Gasteiger partial charge in [0.15, 0.2) is 5.82 Å². The largest absolute Gasteiger partial charge is 0.376 e. The summed E-state index contributed by atoms with van der Waals surface area (Å²) < 4.78 is 0. The van der Waals surface area contributed by atoms with E-state index in [0.29, 0.717) is 0 Å². The van der Waals surface area contributed by atoms with Crippen molar-refractivity contribution in [2.75, 3.05) is 4.81 Å². The highest BCUT2D eigenvalue weighted by molar-refractivity contribution is 8.34. The molecule has 10 aromatic rings. The Labute approximate surface area is 407 Å². The van der Waals surface area contributed by atoms with Gasteiger partial charge in [-0.25, -0.2) is 9.97 Å². The van der Waals surface area contributed by atoms with Crippen molar-refractivity contribution in [2.24, 2.45) is 0 Å². The Hall–Kier alpha value is -7.40. The molecule has 0 saturated carbocycles. The summed E-state index contributed by atoms with van der Waals surface area (Å²) in [6.45, 7) is -0.00597. The SMILES string of the molecule is Bc1c(B)c(B)c(-c2nc(-c3ccc(N4B(c5ccccc5)c5ccccc5-c5ccccc54)cc3)cc(-c3cccc(S(c4ccccc4)(c4ccccc4)c4ccccc4)c3)n2)c(B)c1B. The van der Waals surface area contributed by atoms with Gasteiger partial charge in [-0.1, -0.05) is 168 Å². The van der Waals surface area contributed by atoms with Gasteiger partial charge in [-0.2, -0.15) is 0 Å². The van der Waals surface area contributed by atoms with E-state index in [1.165, 1.54) is 74.6 Å². The highest BCUT2D eigenvalue weighted by Crippen LogP contribution is 2.73. The van der Waals surface area contributed by atoms with Crippen LogP contribution in [-0.4, -0.2) is 56.0 Å². The second kappa shape index (κ2) is 18.0. The van der Waals surface area contributed by atoms with E-state index >= 15 is 0 Å². The zero-order chi connectivity index (χ0) is 46.4. The van der Waals surface area contributed by atoms with Gasteiger partial charge in [0.25, 0.3) is 0 Å². The summed E-state index contributed by atoms with van der Waals surface area (Å²) in [5.41, 5.74) is 18.6. The highest BCUT2D eigenvalue weighted by Gasteiger charge is 2.37. The summed E-state index contributed by atoms with van der Waals surface area (Å²) >= 11 is 0. The van der Waals surface area contributed by atoms with Crippen molar-refractivity contribution in [2.45, 2.75) is 19.6 Å². The lowest BCUT2D eigenvalue weighted by molar-refractivity contribution is 1.18. The van der Waals surface area contributed by atoms with E-state index in [9.17, 15) is 0 Å². The van der Waals surface area contributed by atoms with Gasteiger partial charge in [0, 0.05) is 53.2 Å². The van der Waals surface area contributed by atoms with Crippen LogP contribution >= 0.6 is 10.0 Å². The molecule has 1 aliphatic heterocycles. The zero-order valence-corrected chi connectivity index (χ0v) is 40.0. The number of nitrogens with zero attached hydrogens (tertiary/aromatic N) is 3. The van der Waals surface area contributed by atoms with Crippen LogP contribution in [0.15, 0.2) is 244 Å². The summed E-state index contributed by atoms with van der Waals surface area (Å²) in [7, 11) is 9.22. The van der Waals surface area contributed by atoms with E-state index in [-0.39, 0.29) is 6.85 Å². The molecule has 10 heteroatoms. The summed E-state index contributed by atoms with van der Waals surface area (Å²) in [5.74, 6) is 0.742. The Kier molecular flexibility index (Phi) is 11.4. The second-order valence-corrected chi connectivity index (χ2v) is 21.0. The Morgan fingerprint density at radius 1 is 0.382 bits per heavy atom. The van der Waals surface area contributed by atoms with Crippen molar-refractivity contribution in [3.63, 3.8) is 0 Å². The molecule has 0 saturated heterocycles. The summed E-state index contributed by atoms with van der Waals surface area (Å²) in [4.78, 5) is 18.6. The molecule has 0 radical (unpaired) electrons. The summed E-state index contributed by atoms with van der Waals surface area (Å²) in [6, 6.07) is 82.0. The number of aromatic nitrogens is 2. The molecule has 0 spiro atoms. The van der Waals surface area contributed by atoms with Crippen LogP contribution in [0.3, 0.4) is 0 Å². The van der Waals surface area contributed by atoms with Gasteiger partial charge >= 0.3 is 6.85 Å². The van der Waals surface area contributed by atoms with Crippen molar-refractivity contribution in [3.05, 3.63) is 224 Å². The number of benzene rings is 9. The smallest absolute Gasteiger partial charge is 0.328 e. The minimum atomic E-state index is -1.92. The lowest BCUT2D eigenvalue weighted by atomic mass is 9.46. The first-order chi connectivity index (χ1) is 33.3. The lowest BCUT2D eigenvalue weighted by Crippen LogP contribution is -2.57. The van der Waals surface area contributed by atoms with Crippen LogP contribution in [-0.2, 0) is 0 Å². The Morgan fingerprint density at radius 2 is 0.853 bits per heavy atom. The van der Waals surface area contributed by atoms with Crippen LogP contribution in [0.4, 0.5) is 11.4 Å². The fraction of sp³-hybridized carbons (Fsp3) is 0. The van der Waals surface area contributed by atoms with Crippen molar-refractivity contribution in [3.8, 4) is 45.0 Å². The first kappa shape index (κ1) is 43.2. The van der Waals surface area contributed by atoms with Gasteiger partial charge in [0.05, 0.1) is 11.4 Å². The normalized spacial score (nSPS) is 12.3. The molecular formula is C58H47B6N3S. The standard InChI is InChI=1S/C58H47B6N3S/c59-53-52(54(60)56(62)57(63)55(53)61)58-65-49(38-32-34-41(35-33-38)67-51-31-16-14-29-47(51)46-28-13-15-30-48(46)64(67)40-19-5-1-6-20-40)37-50(66-58)39-18-17-27-45(36-39)68(42-21-7-2-8-22-42,43-23-9-3-10-24-43)44-25-11-4-12-26-44/h1-37H,59-63H2. The monoisotopic (exact) mass is 883 g/mol. The van der Waals surface area contributed by atoms with Gasteiger partial charge in [0.1, 0.15) is 39.2 Å². The predicted molar refractivity (Wildman–Crippen MR) is 305 cm³/mol. The first-order valence-electron chi connectivity index (χ1n) is 23.5. The van der Waals surface area contributed by atoms with Crippen molar-refractivity contribution in [1.29, 1.82) is 0 Å². The minimum absolute atomic E-state index is 0.00597. The van der Waals surface area contributed by atoms with Crippen LogP contribution < -0.4 is 43.1 Å². The minimum Gasteiger partial charge on any atom is -0.376 e. The number of fused-ring (bicyclic) bond motifs is 3. The molecule has 0 N–H and O–H groups in total. The third-order valence-electron chi connectivity index (χ3n) is 14.2. The maximum atomic E-state index is 5.55. The number of para-hydroxylation sites is 1. The maximum absolute atomic E-state index is 5.55. The van der Waals surface area contributed by atoms with Crippen LogP contribution in [0.2, 0.25) is 0 Å². The summed E-state index contributed by atoms with van der Waals surface area (Å²) in [6.07, 6.45) is 0. The van der Waals surface area contributed by atoms with E-state index in [1.54, 1.807) is 0 Å². The molecule has 3 nitrogen and oxygen atoms in total. The molecule has 68 heavy (non-hydrogen) atoms. The van der Waals surface area contributed by atoms with E-state index in [2.05, 4.69) is 268 Å². The number of rotatable bonds is 9. The third kappa shape index (κ3) is 7.35. The molecule has 0 bridgehead atoms. The fourth-order valence-electron chi connectivity index (χ4n) is 10.4. The highest BCUT2D eigenvalue weighted by atomic mass is 32.3. The topological polar surface area (TPSA) is 29.0 Å².